The summed E-state index contributed by atoms with van der Waals surface area (Å²) >= 11 is 1.24. The molecule has 1 N–H and O–H groups in total. The molecule has 2 aliphatic rings. The Kier molecular flexibility index (Phi) is 4.16. The van der Waals surface area contributed by atoms with Crippen LogP contribution < -0.4 is 10.3 Å². The smallest absolute Gasteiger partial charge is 0.410 e. The summed E-state index contributed by atoms with van der Waals surface area (Å²) < 4.78 is 19.9. The Morgan fingerprint density at radius 2 is 2.21 bits per heavy atom. The van der Waals surface area contributed by atoms with Gasteiger partial charge in [-0.1, -0.05) is 23.5 Å². The summed E-state index contributed by atoms with van der Waals surface area (Å²) in [7, 11) is 0. The van der Waals surface area contributed by atoms with E-state index in [1.54, 1.807) is 17.0 Å². The number of halogens is 1. The first-order valence-electron chi connectivity index (χ1n) is 9.58. The molecule has 1 amide bonds. The Morgan fingerprint density at radius 3 is 2.97 bits per heavy atom. The van der Waals surface area contributed by atoms with Crippen molar-refractivity contribution in [2.75, 3.05) is 6.54 Å². The molecule has 9 heteroatoms. The van der Waals surface area contributed by atoms with Crippen LogP contribution in [0, 0.1) is 6.92 Å². The molecule has 2 fully saturated rings. The summed E-state index contributed by atoms with van der Waals surface area (Å²) in [4.78, 5) is 38.4. The number of fused-ring (bicyclic) bond motifs is 1. The molecule has 1 atom stereocenters. The highest BCUT2D eigenvalue weighted by atomic mass is 32.1. The normalized spacial score (nSPS) is 20.2. The number of rotatable bonds is 3. The summed E-state index contributed by atoms with van der Waals surface area (Å²) in [6.07, 6.45) is 1.83. The lowest BCUT2D eigenvalue weighted by atomic mass is 10.2. The molecule has 0 spiro atoms. The van der Waals surface area contributed by atoms with E-state index in [2.05, 4.69) is 15.0 Å². The molecule has 1 aliphatic heterocycles. The minimum Gasteiger partial charge on any atom is -0.410 e. The van der Waals surface area contributed by atoms with Crippen molar-refractivity contribution in [1.29, 1.82) is 0 Å². The number of amides is 1. The van der Waals surface area contributed by atoms with Crippen molar-refractivity contribution in [2.45, 2.75) is 44.3 Å². The third-order valence-corrected chi connectivity index (χ3v) is 6.42. The standard InChI is InChI=1S/C20H19FN4O3S/c1-11-4-2-5-12(10-11)28-19(27)25-9-3-6-13(25)16-22-14-15(26)23-18(20(21)7-8-20)24-17(14)29-16/h2,4-5,10,13H,3,6-9H2,1H3,(H,23,24,26)/t13-/m1/s1. The number of aromatic amines is 1. The lowest BCUT2D eigenvalue weighted by Gasteiger charge is -2.22. The Balaban J connectivity index is 1.43. The molecule has 1 saturated carbocycles. The number of thiazole rings is 1. The van der Waals surface area contributed by atoms with Crippen molar-refractivity contribution in [3.05, 3.63) is 51.0 Å². The van der Waals surface area contributed by atoms with Crippen LogP contribution in [-0.4, -0.2) is 32.5 Å². The SMILES string of the molecule is Cc1cccc(OC(=O)N2CCC[C@@H]2c2nc3c(=O)[nH]c(C4(F)CC4)nc3s2)c1. The molecule has 1 aliphatic carbocycles. The van der Waals surface area contributed by atoms with Crippen molar-refractivity contribution in [2.24, 2.45) is 0 Å². The van der Waals surface area contributed by atoms with Crippen LogP contribution in [0.25, 0.3) is 10.3 Å². The van der Waals surface area contributed by atoms with E-state index in [1.807, 2.05) is 19.1 Å². The van der Waals surface area contributed by atoms with Gasteiger partial charge in [0.2, 0.25) is 0 Å². The average Bonchev–Trinajstić information content (AvgIpc) is 3.09. The number of benzene rings is 1. The maximum Gasteiger partial charge on any atom is 0.415 e. The fraction of sp³-hybridized carbons (Fsp3) is 0.400. The second-order valence-electron chi connectivity index (χ2n) is 7.62. The summed E-state index contributed by atoms with van der Waals surface area (Å²) in [5.41, 5.74) is -0.767. The van der Waals surface area contributed by atoms with E-state index in [4.69, 9.17) is 4.74 Å². The molecule has 7 nitrogen and oxygen atoms in total. The van der Waals surface area contributed by atoms with Gasteiger partial charge >= 0.3 is 6.09 Å². The van der Waals surface area contributed by atoms with Gasteiger partial charge in [0, 0.05) is 6.54 Å². The summed E-state index contributed by atoms with van der Waals surface area (Å²) in [5.74, 6) is 0.567. The van der Waals surface area contributed by atoms with Gasteiger partial charge in [-0.15, -0.1) is 0 Å². The molecule has 150 valence electrons. The zero-order chi connectivity index (χ0) is 20.2. The van der Waals surface area contributed by atoms with Gasteiger partial charge in [0.1, 0.15) is 16.6 Å². The third kappa shape index (κ3) is 3.29. The number of carbonyl (C=O) groups is 1. The van der Waals surface area contributed by atoms with Crippen LogP contribution >= 0.6 is 11.3 Å². The van der Waals surface area contributed by atoms with Crippen molar-refractivity contribution in [3.63, 3.8) is 0 Å². The predicted molar refractivity (Wildman–Crippen MR) is 106 cm³/mol. The number of nitrogens with one attached hydrogen (secondary N) is 1. The maximum atomic E-state index is 14.3. The number of ether oxygens (including phenoxy) is 1. The number of H-pyrrole nitrogens is 1. The van der Waals surface area contributed by atoms with E-state index in [0.29, 0.717) is 35.0 Å². The second-order valence-corrected chi connectivity index (χ2v) is 8.63. The van der Waals surface area contributed by atoms with Crippen LogP contribution in [0.15, 0.2) is 29.1 Å². The molecule has 0 radical (unpaired) electrons. The zero-order valence-electron chi connectivity index (χ0n) is 15.8. The number of likely N-dealkylation sites (tertiary alicyclic amines) is 1. The van der Waals surface area contributed by atoms with E-state index in [9.17, 15) is 14.0 Å². The van der Waals surface area contributed by atoms with Gasteiger partial charge < -0.3 is 9.72 Å². The van der Waals surface area contributed by atoms with Crippen LogP contribution in [0.4, 0.5) is 9.18 Å². The number of hydrogen-bond acceptors (Lipinski definition) is 6. The van der Waals surface area contributed by atoms with E-state index in [1.165, 1.54) is 11.3 Å². The van der Waals surface area contributed by atoms with Crippen LogP contribution in [0.2, 0.25) is 0 Å². The Morgan fingerprint density at radius 1 is 1.38 bits per heavy atom. The van der Waals surface area contributed by atoms with Crippen LogP contribution in [0.5, 0.6) is 5.75 Å². The second kappa shape index (κ2) is 6.62. The first kappa shape index (κ1) is 18.2. The number of aryl methyl sites for hydroxylation is 1. The molecular weight excluding hydrogens is 395 g/mol. The Hall–Kier alpha value is -2.81. The molecule has 1 aromatic carbocycles. The summed E-state index contributed by atoms with van der Waals surface area (Å²) in [6.45, 7) is 2.48. The van der Waals surface area contributed by atoms with E-state index in [-0.39, 0.29) is 17.4 Å². The molecule has 3 aromatic rings. The van der Waals surface area contributed by atoms with E-state index in [0.717, 1.165) is 18.4 Å². The van der Waals surface area contributed by atoms with Gasteiger partial charge in [0.05, 0.1) is 6.04 Å². The van der Waals surface area contributed by atoms with Gasteiger partial charge in [0.15, 0.2) is 16.0 Å². The topological polar surface area (TPSA) is 88.2 Å². The summed E-state index contributed by atoms with van der Waals surface area (Å²) in [5, 5.41) is 0.623. The van der Waals surface area contributed by atoms with E-state index < -0.39 is 17.3 Å². The highest BCUT2D eigenvalue weighted by Crippen LogP contribution is 2.48. The highest BCUT2D eigenvalue weighted by Gasteiger charge is 2.48. The third-order valence-electron chi connectivity index (χ3n) is 5.37. The molecule has 0 unspecified atom stereocenters. The molecule has 29 heavy (non-hydrogen) atoms. The van der Waals surface area contributed by atoms with Crippen molar-refractivity contribution < 1.29 is 13.9 Å². The minimum atomic E-state index is -1.52. The highest BCUT2D eigenvalue weighted by molar-refractivity contribution is 7.18. The Labute approximate surface area is 169 Å². The molecule has 3 heterocycles. The lowest BCUT2D eigenvalue weighted by molar-refractivity contribution is 0.147. The fourth-order valence-corrected chi connectivity index (χ4v) is 4.72. The number of carbonyl (C=O) groups excluding carboxylic acids is 1. The lowest BCUT2D eigenvalue weighted by Crippen LogP contribution is -2.33. The van der Waals surface area contributed by atoms with Gasteiger partial charge in [-0.2, -0.15) is 0 Å². The maximum absolute atomic E-state index is 14.3. The molecule has 2 aromatic heterocycles. The quantitative estimate of drug-likeness (QED) is 0.700. The number of alkyl halides is 1. The summed E-state index contributed by atoms with van der Waals surface area (Å²) in [6, 6.07) is 7.02. The molecule has 5 rings (SSSR count). The number of nitrogens with zero attached hydrogens (tertiary/aromatic N) is 3. The van der Waals surface area contributed by atoms with Gasteiger partial charge in [-0.05, 0) is 50.3 Å². The first-order valence-corrected chi connectivity index (χ1v) is 10.4. The van der Waals surface area contributed by atoms with Gasteiger partial charge in [-0.3, -0.25) is 9.69 Å². The first-order chi connectivity index (χ1) is 13.9. The monoisotopic (exact) mass is 414 g/mol. The van der Waals surface area contributed by atoms with E-state index >= 15 is 0 Å². The van der Waals surface area contributed by atoms with Gasteiger partial charge in [0.25, 0.3) is 5.56 Å². The fourth-order valence-electron chi connectivity index (χ4n) is 3.63. The average molecular weight is 414 g/mol. The predicted octanol–water partition coefficient (Wildman–Crippen LogP) is 3.98. The van der Waals surface area contributed by atoms with Crippen LogP contribution in [0.1, 0.15) is 48.1 Å². The molecule has 0 bridgehead atoms. The van der Waals surface area contributed by atoms with Crippen LogP contribution in [-0.2, 0) is 5.67 Å². The number of aromatic nitrogens is 3. The van der Waals surface area contributed by atoms with Crippen LogP contribution in [0.3, 0.4) is 0 Å². The zero-order valence-corrected chi connectivity index (χ0v) is 16.6. The number of hydrogen-bond donors (Lipinski definition) is 1. The Bertz CT molecular complexity index is 1170. The molecular formula is C20H19FN4O3S. The largest absolute Gasteiger partial charge is 0.415 e. The van der Waals surface area contributed by atoms with Crippen molar-refractivity contribution >= 4 is 27.8 Å². The van der Waals surface area contributed by atoms with Crippen molar-refractivity contribution in [3.8, 4) is 5.75 Å². The minimum absolute atomic E-state index is 0.0762. The van der Waals surface area contributed by atoms with Crippen molar-refractivity contribution in [1.82, 2.24) is 19.9 Å². The molecule has 1 saturated heterocycles. The van der Waals surface area contributed by atoms with Gasteiger partial charge in [-0.25, -0.2) is 19.2 Å².